The molecule has 4 rings (SSSR count). The summed E-state index contributed by atoms with van der Waals surface area (Å²) < 4.78 is 5.62. The Hall–Kier alpha value is -2.79. The van der Waals surface area contributed by atoms with Gasteiger partial charge in [0.1, 0.15) is 5.60 Å². The maximum absolute atomic E-state index is 12.9. The molecule has 1 aliphatic rings. The molecule has 5 heteroatoms. The molecule has 1 aromatic heterocycles. The summed E-state index contributed by atoms with van der Waals surface area (Å²) in [5.74, 6) is 0.535. The number of aromatic amines is 1. The molecule has 2 N–H and O–H groups in total. The van der Waals surface area contributed by atoms with E-state index in [9.17, 15) is 9.90 Å². The topological polar surface area (TPSA) is 65.6 Å². The van der Waals surface area contributed by atoms with E-state index in [0.717, 1.165) is 16.8 Å². The molecule has 1 heterocycles. The third kappa shape index (κ3) is 5.47. The number of aromatic nitrogens is 1. The van der Waals surface area contributed by atoms with Crippen LogP contribution in [0.4, 0.5) is 4.79 Å². The predicted molar refractivity (Wildman–Crippen MR) is 138 cm³/mol. The first-order valence-corrected chi connectivity index (χ1v) is 12.6. The second-order valence-corrected chi connectivity index (χ2v) is 10.6. The molecule has 2 aromatic carbocycles. The van der Waals surface area contributed by atoms with E-state index in [1.807, 2.05) is 26.8 Å². The number of hydrogen-bond donors (Lipinski definition) is 2. The van der Waals surface area contributed by atoms with Crippen LogP contribution >= 0.6 is 0 Å². The van der Waals surface area contributed by atoms with Crippen molar-refractivity contribution in [1.29, 1.82) is 0 Å². The van der Waals surface area contributed by atoms with Crippen LogP contribution in [-0.2, 0) is 11.3 Å². The summed E-state index contributed by atoms with van der Waals surface area (Å²) in [7, 11) is 0. The highest BCUT2D eigenvalue weighted by molar-refractivity contribution is 5.92. The minimum absolute atomic E-state index is 0.111. The van der Waals surface area contributed by atoms with E-state index < -0.39 is 11.7 Å². The zero-order valence-electron chi connectivity index (χ0n) is 21.0. The van der Waals surface area contributed by atoms with Crippen LogP contribution in [0.3, 0.4) is 0 Å². The summed E-state index contributed by atoms with van der Waals surface area (Å²) in [5, 5.41) is 10.9. The molecule has 182 valence electrons. The van der Waals surface area contributed by atoms with Crippen molar-refractivity contribution >= 4 is 17.0 Å². The molecular weight excluding hydrogens is 424 g/mol. The fourth-order valence-electron chi connectivity index (χ4n) is 5.15. The number of fused-ring (bicyclic) bond motifs is 1. The molecule has 5 nitrogen and oxygen atoms in total. The van der Waals surface area contributed by atoms with Gasteiger partial charge in [0.2, 0.25) is 0 Å². The van der Waals surface area contributed by atoms with Crippen molar-refractivity contribution in [3.63, 3.8) is 0 Å². The fraction of sp³-hybridized carbons (Fsp3) is 0.483. The quantitative estimate of drug-likeness (QED) is 0.418. The SMILES string of the molecule is Cc1ccc2c(C3CCCCC3)c(-c3ccccc3CN(CCO)C(=O)OC(C)(C)C)[nH]c2c1. The molecule has 0 spiro atoms. The summed E-state index contributed by atoms with van der Waals surface area (Å²) in [5.41, 5.74) is 6.55. The molecule has 3 aromatic rings. The van der Waals surface area contributed by atoms with Gasteiger partial charge in [-0.2, -0.15) is 0 Å². The number of carbonyl (C=O) groups is 1. The Balaban J connectivity index is 1.77. The Morgan fingerprint density at radius 3 is 2.56 bits per heavy atom. The zero-order chi connectivity index (χ0) is 24.3. The highest BCUT2D eigenvalue weighted by Gasteiger charge is 2.26. The van der Waals surface area contributed by atoms with Gasteiger partial charge in [-0.25, -0.2) is 4.79 Å². The van der Waals surface area contributed by atoms with Crippen LogP contribution in [0.1, 0.15) is 75.5 Å². The Kier molecular flexibility index (Phi) is 7.32. The van der Waals surface area contributed by atoms with E-state index >= 15 is 0 Å². The van der Waals surface area contributed by atoms with Crippen molar-refractivity contribution < 1.29 is 14.6 Å². The highest BCUT2D eigenvalue weighted by atomic mass is 16.6. The number of H-pyrrole nitrogens is 1. The standard InChI is InChI=1S/C29H38N2O3/c1-20-14-15-24-25(18-20)30-27(26(24)21-10-6-5-7-11-21)23-13-9-8-12-22(23)19-31(16-17-32)28(33)34-29(2,3)4/h8-9,12-15,18,21,30,32H,5-7,10-11,16-17,19H2,1-4H3. The lowest BCUT2D eigenvalue weighted by atomic mass is 9.81. The van der Waals surface area contributed by atoms with E-state index in [0.29, 0.717) is 12.5 Å². The van der Waals surface area contributed by atoms with Gasteiger partial charge >= 0.3 is 6.09 Å². The summed E-state index contributed by atoms with van der Waals surface area (Å²) in [4.78, 5) is 18.2. The molecule has 1 saturated carbocycles. The second-order valence-electron chi connectivity index (χ2n) is 10.6. The number of rotatable bonds is 6. The van der Waals surface area contributed by atoms with Crippen molar-refractivity contribution in [2.75, 3.05) is 13.2 Å². The van der Waals surface area contributed by atoms with Crippen LogP contribution < -0.4 is 0 Å². The van der Waals surface area contributed by atoms with Crippen molar-refractivity contribution in [2.45, 2.75) is 77.9 Å². The van der Waals surface area contributed by atoms with Gasteiger partial charge in [0.25, 0.3) is 0 Å². The minimum atomic E-state index is -0.590. The smallest absolute Gasteiger partial charge is 0.410 e. The van der Waals surface area contributed by atoms with E-state index in [2.05, 4.69) is 48.3 Å². The van der Waals surface area contributed by atoms with Gasteiger partial charge in [-0.3, -0.25) is 0 Å². The number of nitrogens with zero attached hydrogens (tertiary/aromatic N) is 1. The molecule has 0 radical (unpaired) electrons. The van der Waals surface area contributed by atoms with E-state index in [4.69, 9.17) is 4.74 Å². The minimum Gasteiger partial charge on any atom is -0.444 e. The number of nitrogens with one attached hydrogen (secondary N) is 1. The molecular formula is C29H38N2O3. The number of benzene rings is 2. The van der Waals surface area contributed by atoms with Crippen molar-refractivity contribution in [2.24, 2.45) is 0 Å². The first-order valence-electron chi connectivity index (χ1n) is 12.6. The number of aliphatic hydroxyl groups is 1. The van der Waals surface area contributed by atoms with E-state index in [1.165, 1.54) is 54.1 Å². The number of hydrogen-bond acceptors (Lipinski definition) is 3. The first-order chi connectivity index (χ1) is 16.3. The van der Waals surface area contributed by atoms with Crippen LogP contribution in [0.15, 0.2) is 42.5 Å². The lowest BCUT2D eigenvalue weighted by Gasteiger charge is -2.28. The van der Waals surface area contributed by atoms with Crippen LogP contribution in [0, 0.1) is 6.92 Å². The maximum Gasteiger partial charge on any atom is 0.410 e. The molecule has 0 aliphatic heterocycles. The van der Waals surface area contributed by atoms with Gasteiger partial charge in [0.05, 0.1) is 12.3 Å². The molecule has 1 fully saturated rings. The number of carbonyl (C=O) groups excluding carboxylic acids is 1. The van der Waals surface area contributed by atoms with Gasteiger partial charge in [-0.1, -0.05) is 55.7 Å². The van der Waals surface area contributed by atoms with Crippen LogP contribution in [0.5, 0.6) is 0 Å². The van der Waals surface area contributed by atoms with Crippen LogP contribution in [-0.4, -0.2) is 39.8 Å². The largest absolute Gasteiger partial charge is 0.444 e. The second kappa shape index (κ2) is 10.2. The molecule has 0 saturated heterocycles. The predicted octanol–water partition coefficient (Wildman–Crippen LogP) is 6.92. The molecule has 1 amide bonds. The summed E-state index contributed by atoms with van der Waals surface area (Å²) in [6.45, 7) is 8.20. The summed E-state index contributed by atoms with van der Waals surface area (Å²) >= 11 is 0. The Labute approximate surface area is 203 Å². The van der Waals surface area contributed by atoms with E-state index in [-0.39, 0.29) is 13.2 Å². The maximum atomic E-state index is 12.9. The summed E-state index contributed by atoms with van der Waals surface area (Å²) in [6.07, 6.45) is 5.88. The summed E-state index contributed by atoms with van der Waals surface area (Å²) in [6, 6.07) is 15.0. The highest BCUT2D eigenvalue weighted by Crippen LogP contribution is 2.43. The Bertz CT molecular complexity index is 1140. The average molecular weight is 463 g/mol. The monoisotopic (exact) mass is 462 g/mol. The van der Waals surface area contributed by atoms with Gasteiger partial charge < -0.3 is 19.7 Å². The van der Waals surface area contributed by atoms with Crippen LogP contribution in [0.2, 0.25) is 0 Å². The molecule has 1 aliphatic carbocycles. The van der Waals surface area contributed by atoms with Crippen LogP contribution in [0.25, 0.3) is 22.2 Å². The average Bonchev–Trinajstić information content (AvgIpc) is 3.17. The molecule has 0 unspecified atom stereocenters. The first kappa shape index (κ1) is 24.3. The zero-order valence-corrected chi connectivity index (χ0v) is 21.0. The molecule has 0 bridgehead atoms. The lowest BCUT2D eigenvalue weighted by molar-refractivity contribution is 0.0202. The Morgan fingerprint density at radius 2 is 1.85 bits per heavy atom. The van der Waals surface area contributed by atoms with Gasteiger partial charge in [-0.15, -0.1) is 0 Å². The van der Waals surface area contributed by atoms with Gasteiger partial charge in [0.15, 0.2) is 0 Å². The third-order valence-corrected chi connectivity index (χ3v) is 6.68. The number of ether oxygens (including phenoxy) is 1. The fourth-order valence-corrected chi connectivity index (χ4v) is 5.15. The molecule has 0 atom stereocenters. The van der Waals surface area contributed by atoms with Crippen molar-refractivity contribution in [1.82, 2.24) is 9.88 Å². The number of aryl methyl sites for hydroxylation is 1. The van der Waals surface area contributed by atoms with Crippen molar-refractivity contribution in [3.8, 4) is 11.3 Å². The Morgan fingerprint density at radius 1 is 1.12 bits per heavy atom. The van der Waals surface area contributed by atoms with Gasteiger partial charge in [0, 0.05) is 29.6 Å². The number of aliphatic hydroxyl groups excluding tert-OH is 1. The van der Waals surface area contributed by atoms with Gasteiger partial charge in [-0.05, 0) is 69.2 Å². The molecule has 34 heavy (non-hydrogen) atoms. The van der Waals surface area contributed by atoms with Crippen molar-refractivity contribution in [3.05, 3.63) is 59.2 Å². The van der Waals surface area contributed by atoms with E-state index in [1.54, 1.807) is 4.90 Å². The third-order valence-electron chi connectivity index (χ3n) is 6.68. The lowest BCUT2D eigenvalue weighted by Crippen LogP contribution is -2.38. The number of amides is 1. The normalized spacial score (nSPS) is 15.0.